The molecule has 0 amide bonds. The molecule has 0 bridgehead atoms. The number of thiophene rings is 1. The number of terminal acetylenes is 1. The molecule has 116 valence electrons. The van der Waals surface area contributed by atoms with Crippen LogP contribution in [0.3, 0.4) is 0 Å². The Balaban J connectivity index is 2.39. The van der Waals surface area contributed by atoms with Crippen molar-refractivity contribution in [3.63, 3.8) is 0 Å². The number of rotatable bonds is 2. The normalized spacial score (nSPS) is 10.9. The predicted octanol–water partition coefficient (Wildman–Crippen LogP) is 4.34. The first kappa shape index (κ1) is 15.8. The van der Waals surface area contributed by atoms with E-state index in [0.29, 0.717) is 16.2 Å². The molecular weight excluding hydrogens is 328 g/mol. The highest BCUT2D eigenvalue weighted by atomic mass is 35.5. The number of halogens is 1. The molecule has 0 fully saturated rings. The van der Waals surface area contributed by atoms with Gasteiger partial charge in [0.25, 0.3) is 5.56 Å². The first-order valence-electron chi connectivity index (χ1n) is 7.14. The molecule has 0 saturated heterocycles. The molecule has 0 spiro atoms. The average molecular weight is 343 g/mol. The zero-order chi connectivity index (χ0) is 16.7. The minimum absolute atomic E-state index is 0.0857. The summed E-state index contributed by atoms with van der Waals surface area (Å²) in [5.74, 6) is 3.16. The van der Waals surface area contributed by atoms with Crippen molar-refractivity contribution in [2.75, 3.05) is 0 Å². The van der Waals surface area contributed by atoms with E-state index in [4.69, 9.17) is 18.0 Å². The van der Waals surface area contributed by atoms with Crippen LogP contribution in [0.25, 0.3) is 21.3 Å². The van der Waals surface area contributed by atoms with Crippen molar-refractivity contribution in [2.45, 2.75) is 27.3 Å². The van der Waals surface area contributed by atoms with E-state index in [1.165, 1.54) is 11.3 Å². The van der Waals surface area contributed by atoms with Gasteiger partial charge in [0.05, 0.1) is 11.9 Å². The molecule has 0 aliphatic carbocycles. The van der Waals surface area contributed by atoms with E-state index in [2.05, 4.69) is 10.9 Å². The van der Waals surface area contributed by atoms with Crippen LogP contribution < -0.4 is 5.56 Å². The van der Waals surface area contributed by atoms with Gasteiger partial charge >= 0.3 is 0 Å². The zero-order valence-electron chi connectivity index (χ0n) is 13.1. The Morgan fingerprint density at radius 1 is 1.35 bits per heavy atom. The number of fused-ring (bicyclic) bond motifs is 1. The van der Waals surface area contributed by atoms with Crippen LogP contribution in [0.1, 0.15) is 16.3 Å². The van der Waals surface area contributed by atoms with Gasteiger partial charge in [-0.25, -0.2) is 4.98 Å². The molecule has 0 unspecified atom stereocenters. The van der Waals surface area contributed by atoms with Crippen LogP contribution in [0.5, 0.6) is 0 Å². The number of aromatic nitrogens is 2. The minimum Gasteiger partial charge on any atom is -0.284 e. The van der Waals surface area contributed by atoms with Crippen molar-refractivity contribution in [3.05, 3.63) is 49.8 Å². The maximum atomic E-state index is 12.9. The van der Waals surface area contributed by atoms with Crippen molar-refractivity contribution < 1.29 is 0 Å². The first-order valence-corrected chi connectivity index (χ1v) is 8.34. The van der Waals surface area contributed by atoms with Crippen LogP contribution in [0, 0.1) is 33.1 Å². The number of benzene rings is 1. The lowest BCUT2D eigenvalue weighted by Gasteiger charge is -2.08. The maximum absolute atomic E-state index is 12.9. The van der Waals surface area contributed by atoms with E-state index < -0.39 is 0 Å². The lowest BCUT2D eigenvalue weighted by atomic mass is 10.0. The Labute approximate surface area is 143 Å². The minimum atomic E-state index is -0.0857. The standard InChI is InChI=1S/C18H15ClN2OS/c1-5-8-21-12(4)20-17-16(18(21)22)15(11(3)23-17)13-6-7-14(19)10(2)9-13/h1,6-7,9H,8H2,2-4H3. The Morgan fingerprint density at radius 3 is 2.74 bits per heavy atom. The Hall–Kier alpha value is -2.09. The number of aryl methyl sites for hydroxylation is 3. The lowest BCUT2D eigenvalue weighted by molar-refractivity contribution is 0.743. The Kier molecular flexibility index (Phi) is 4.01. The van der Waals surface area contributed by atoms with E-state index in [0.717, 1.165) is 26.4 Å². The topological polar surface area (TPSA) is 34.9 Å². The van der Waals surface area contributed by atoms with Gasteiger partial charge in [-0.1, -0.05) is 23.6 Å². The van der Waals surface area contributed by atoms with Crippen LogP contribution >= 0.6 is 22.9 Å². The summed E-state index contributed by atoms with van der Waals surface area (Å²) >= 11 is 7.65. The average Bonchev–Trinajstić information content (AvgIpc) is 2.82. The molecule has 2 heterocycles. The third-order valence-electron chi connectivity index (χ3n) is 3.87. The van der Waals surface area contributed by atoms with Gasteiger partial charge in [0.15, 0.2) is 0 Å². The largest absolute Gasteiger partial charge is 0.284 e. The monoisotopic (exact) mass is 342 g/mol. The van der Waals surface area contributed by atoms with E-state index in [9.17, 15) is 4.79 Å². The summed E-state index contributed by atoms with van der Waals surface area (Å²) in [6.45, 7) is 5.99. The van der Waals surface area contributed by atoms with Gasteiger partial charge in [-0.15, -0.1) is 17.8 Å². The molecule has 0 aliphatic heterocycles. The zero-order valence-corrected chi connectivity index (χ0v) is 14.7. The summed E-state index contributed by atoms with van der Waals surface area (Å²) in [6.07, 6.45) is 5.38. The molecule has 2 aromatic heterocycles. The number of hydrogen-bond donors (Lipinski definition) is 0. The predicted molar refractivity (Wildman–Crippen MR) is 97.4 cm³/mol. The quantitative estimate of drug-likeness (QED) is 0.649. The molecule has 5 heteroatoms. The van der Waals surface area contributed by atoms with Gasteiger partial charge < -0.3 is 0 Å². The molecule has 3 rings (SSSR count). The van der Waals surface area contributed by atoms with Crippen LogP contribution in [0.2, 0.25) is 5.02 Å². The third-order valence-corrected chi connectivity index (χ3v) is 5.30. The van der Waals surface area contributed by atoms with Crippen LogP contribution in [0.4, 0.5) is 0 Å². The summed E-state index contributed by atoms with van der Waals surface area (Å²) in [6, 6.07) is 5.80. The third kappa shape index (κ3) is 2.56. The van der Waals surface area contributed by atoms with Crippen LogP contribution in [-0.4, -0.2) is 9.55 Å². The van der Waals surface area contributed by atoms with Gasteiger partial charge in [-0.3, -0.25) is 9.36 Å². The van der Waals surface area contributed by atoms with Crippen molar-refractivity contribution in [2.24, 2.45) is 0 Å². The molecule has 0 aliphatic rings. The van der Waals surface area contributed by atoms with E-state index in [1.54, 1.807) is 11.5 Å². The van der Waals surface area contributed by atoms with Crippen molar-refractivity contribution in [3.8, 4) is 23.5 Å². The van der Waals surface area contributed by atoms with E-state index in [1.807, 2.05) is 32.0 Å². The van der Waals surface area contributed by atoms with Crippen molar-refractivity contribution in [1.29, 1.82) is 0 Å². The smallest absolute Gasteiger partial charge is 0.263 e. The molecule has 0 N–H and O–H groups in total. The highest BCUT2D eigenvalue weighted by Gasteiger charge is 2.18. The van der Waals surface area contributed by atoms with E-state index in [-0.39, 0.29) is 12.1 Å². The number of nitrogens with zero attached hydrogens (tertiary/aromatic N) is 2. The van der Waals surface area contributed by atoms with Crippen molar-refractivity contribution >= 4 is 33.2 Å². The first-order chi connectivity index (χ1) is 10.9. The molecule has 23 heavy (non-hydrogen) atoms. The van der Waals surface area contributed by atoms with E-state index >= 15 is 0 Å². The molecule has 0 saturated carbocycles. The second-order valence-electron chi connectivity index (χ2n) is 5.43. The van der Waals surface area contributed by atoms with Gasteiger partial charge in [0, 0.05) is 15.5 Å². The molecule has 0 radical (unpaired) electrons. The molecule has 0 atom stereocenters. The van der Waals surface area contributed by atoms with Crippen LogP contribution in [-0.2, 0) is 6.54 Å². The summed E-state index contributed by atoms with van der Waals surface area (Å²) in [5.41, 5.74) is 2.79. The molecule has 3 nitrogen and oxygen atoms in total. The summed E-state index contributed by atoms with van der Waals surface area (Å²) in [7, 11) is 0. The number of hydrogen-bond acceptors (Lipinski definition) is 3. The van der Waals surface area contributed by atoms with Crippen LogP contribution in [0.15, 0.2) is 23.0 Å². The SMILES string of the molecule is C#CCn1c(C)nc2sc(C)c(-c3ccc(Cl)c(C)c3)c2c1=O. The molecular formula is C18H15ClN2OS. The fourth-order valence-electron chi connectivity index (χ4n) is 2.72. The van der Waals surface area contributed by atoms with Gasteiger partial charge in [-0.05, 0) is 44.0 Å². The fraction of sp³-hybridized carbons (Fsp3) is 0.222. The Bertz CT molecular complexity index is 1020. The molecule has 1 aromatic carbocycles. The van der Waals surface area contributed by atoms with Gasteiger partial charge in [0.2, 0.25) is 0 Å². The maximum Gasteiger partial charge on any atom is 0.263 e. The lowest BCUT2D eigenvalue weighted by Crippen LogP contribution is -2.23. The second kappa shape index (κ2) is 5.84. The summed E-state index contributed by atoms with van der Waals surface area (Å²) in [4.78, 5) is 19.3. The fourth-order valence-corrected chi connectivity index (χ4v) is 3.92. The molecule has 3 aromatic rings. The Morgan fingerprint density at radius 2 is 2.09 bits per heavy atom. The second-order valence-corrected chi connectivity index (χ2v) is 7.04. The highest BCUT2D eigenvalue weighted by Crippen LogP contribution is 2.36. The summed E-state index contributed by atoms with van der Waals surface area (Å²) < 4.78 is 1.54. The van der Waals surface area contributed by atoms with Gasteiger partial charge in [0.1, 0.15) is 10.7 Å². The summed E-state index contributed by atoms with van der Waals surface area (Å²) in [5, 5.41) is 1.35. The highest BCUT2D eigenvalue weighted by molar-refractivity contribution is 7.19. The van der Waals surface area contributed by atoms with Crippen molar-refractivity contribution in [1.82, 2.24) is 9.55 Å². The van der Waals surface area contributed by atoms with Gasteiger partial charge in [-0.2, -0.15) is 0 Å².